The molecule has 4 aromatic carbocycles. The van der Waals surface area contributed by atoms with Gasteiger partial charge in [0.15, 0.2) is 0 Å². The lowest BCUT2D eigenvalue weighted by molar-refractivity contribution is 0.749. The van der Waals surface area contributed by atoms with Crippen molar-refractivity contribution in [2.45, 2.75) is 12.3 Å². The Labute approximate surface area is 190 Å². The zero-order valence-electron chi connectivity index (χ0n) is 18.4. The number of allylic oxidation sites excluding steroid dienone is 5. The molecule has 154 valence electrons. The number of fused-ring (bicyclic) bond motifs is 4. The minimum absolute atomic E-state index is 0.456. The van der Waals surface area contributed by atoms with Gasteiger partial charge in [-0.2, -0.15) is 0 Å². The average molecular weight is 411 g/mol. The maximum atomic E-state index is 4.49. The molecule has 0 heteroatoms. The summed E-state index contributed by atoms with van der Waals surface area (Å²) in [5, 5.41) is 2.51. The van der Waals surface area contributed by atoms with Crippen LogP contribution >= 0.6 is 0 Å². The minimum atomic E-state index is -0.456. The third kappa shape index (κ3) is 2.63. The van der Waals surface area contributed by atoms with E-state index in [1.165, 1.54) is 49.7 Å². The molecule has 0 nitrogen and oxygen atoms in total. The summed E-state index contributed by atoms with van der Waals surface area (Å²) in [4.78, 5) is 0. The zero-order valence-corrected chi connectivity index (χ0v) is 18.4. The summed E-state index contributed by atoms with van der Waals surface area (Å²) in [6.45, 7) is 14.7. The first kappa shape index (κ1) is 20.0. The predicted octanol–water partition coefficient (Wildman–Crippen LogP) is 8.65. The van der Waals surface area contributed by atoms with Crippen LogP contribution in [0.5, 0.6) is 0 Å². The molecule has 0 spiro atoms. The maximum Gasteiger partial charge on any atom is 0.0668 e. The van der Waals surface area contributed by atoms with E-state index < -0.39 is 5.41 Å². The Kier molecular flexibility index (Phi) is 4.79. The van der Waals surface area contributed by atoms with Crippen LogP contribution in [0.1, 0.15) is 18.1 Å². The van der Waals surface area contributed by atoms with E-state index in [-0.39, 0.29) is 0 Å². The summed E-state index contributed by atoms with van der Waals surface area (Å²) in [5.41, 5.74) is 9.26. The predicted molar refractivity (Wildman–Crippen MR) is 139 cm³/mol. The first-order chi connectivity index (χ1) is 15.6. The number of rotatable bonds is 5. The van der Waals surface area contributed by atoms with Crippen LogP contribution < -0.4 is 0 Å². The molecule has 1 aliphatic rings. The Balaban J connectivity index is 1.94. The monoisotopic (exact) mass is 410 g/mol. The molecule has 0 aliphatic heterocycles. The summed E-state index contributed by atoms with van der Waals surface area (Å²) in [6.07, 6.45) is 5.87. The summed E-state index contributed by atoms with van der Waals surface area (Å²) in [7, 11) is 0. The number of benzene rings is 4. The topological polar surface area (TPSA) is 0 Å². The third-order valence-electron chi connectivity index (χ3n) is 6.84. The highest BCUT2D eigenvalue weighted by Gasteiger charge is 2.46. The standard InChI is InChI=1S/C32H26/c1-5-13-23(4)32(22(3)6-2)29-20-10-9-17-28(29)31-27(19-12-21-30(31)32)26-18-11-15-24-14-7-8-16-25(24)26/h5-21H,1-3H2,4H3/b23-13+. The van der Waals surface area contributed by atoms with Gasteiger partial charge in [-0.3, -0.25) is 0 Å². The minimum Gasteiger partial charge on any atom is -0.0991 e. The molecule has 1 unspecified atom stereocenters. The van der Waals surface area contributed by atoms with Gasteiger partial charge in [0.1, 0.15) is 0 Å². The Morgan fingerprint density at radius 2 is 1.34 bits per heavy atom. The highest BCUT2D eigenvalue weighted by atomic mass is 14.5. The molecule has 1 aliphatic carbocycles. The summed E-state index contributed by atoms with van der Waals surface area (Å²) < 4.78 is 0. The molecule has 0 saturated carbocycles. The van der Waals surface area contributed by atoms with Crippen LogP contribution in [-0.4, -0.2) is 0 Å². The second-order valence-corrected chi connectivity index (χ2v) is 8.37. The highest BCUT2D eigenvalue weighted by molar-refractivity contribution is 6.03. The molecule has 0 aromatic heterocycles. The van der Waals surface area contributed by atoms with E-state index in [9.17, 15) is 0 Å². The van der Waals surface area contributed by atoms with E-state index in [2.05, 4.69) is 118 Å². The summed E-state index contributed by atoms with van der Waals surface area (Å²) >= 11 is 0. The van der Waals surface area contributed by atoms with Crippen molar-refractivity contribution in [3.05, 3.63) is 145 Å². The molecule has 0 heterocycles. The highest BCUT2D eigenvalue weighted by Crippen LogP contribution is 2.58. The van der Waals surface area contributed by atoms with E-state index >= 15 is 0 Å². The molecule has 32 heavy (non-hydrogen) atoms. The Morgan fingerprint density at radius 3 is 2.16 bits per heavy atom. The van der Waals surface area contributed by atoms with Crippen LogP contribution in [0.2, 0.25) is 0 Å². The van der Waals surface area contributed by atoms with Crippen molar-refractivity contribution in [2.24, 2.45) is 0 Å². The lowest BCUT2D eigenvalue weighted by Crippen LogP contribution is -2.28. The summed E-state index contributed by atoms with van der Waals surface area (Å²) in [6, 6.07) is 30.5. The third-order valence-corrected chi connectivity index (χ3v) is 6.84. The van der Waals surface area contributed by atoms with Crippen LogP contribution in [-0.2, 0) is 5.41 Å². The molecule has 1 atom stereocenters. The second-order valence-electron chi connectivity index (χ2n) is 8.37. The van der Waals surface area contributed by atoms with Crippen LogP contribution in [0.15, 0.2) is 134 Å². The molecule has 0 fully saturated rings. The lowest BCUT2D eigenvalue weighted by atomic mass is 9.67. The van der Waals surface area contributed by atoms with Gasteiger partial charge in [0.2, 0.25) is 0 Å². The van der Waals surface area contributed by atoms with Gasteiger partial charge in [0.25, 0.3) is 0 Å². The molecular weight excluding hydrogens is 384 g/mol. The fourth-order valence-electron chi connectivity index (χ4n) is 5.49. The smallest absolute Gasteiger partial charge is 0.0668 e. The van der Waals surface area contributed by atoms with Crippen molar-refractivity contribution >= 4 is 10.8 Å². The van der Waals surface area contributed by atoms with Gasteiger partial charge in [0, 0.05) is 0 Å². The second kappa shape index (κ2) is 7.66. The number of hydrogen-bond donors (Lipinski definition) is 0. The first-order valence-electron chi connectivity index (χ1n) is 11.0. The molecular formula is C32H26. The largest absolute Gasteiger partial charge is 0.0991 e. The van der Waals surface area contributed by atoms with Crippen molar-refractivity contribution in [3.8, 4) is 22.3 Å². The first-order valence-corrected chi connectivity index (χ1v) is 11.0. The van der Waals surface area contributed by atoms with Crippen LogP contribution in [0.25, 0.3) is 33.0 Å². The fourth-order valence-corrected chi connectivity index (χ4v) is 5.49. The van der Waals surface area contributed by atoms with E-state index in [0.29, 0.717) is 0 Å². The molecule has 4 aromatic rings. The molecule has 0 bridgehead atoms. The lowest BCUT2D eigenvalue weighted by Gasteiger charge is -2.34. The van der Waals surface area contributed by atoms with E-state index in [1.807, 2.05) is 12.2 Å². The normalized spacial score (nSPS) is 17.0. The van der Waals surface area contributed by atoms with Crippen molar-refractivity contribution in [3.63, 3.8) is 0 Å². The van der Waals surface area contributed by atoms with E-state index in [1.54, 1.807) is 0 Å². The van der Waals surface area contributed by atoms with Crippen molar-refractivity contribution in [2.75, 3.05) is 0 Å². The van der Waals surface area contributed by atoms with Crippen LogP contribution in [0.4, 0.5) is 0 Å². The molecule has 0 amide bonds. The Hall–Kier alpha value is -3.90. The molecule has 0 N–H and O–H groups in total. The average Bonchev–Trinajstić information content (AvgIpc) is 3.15. The van der Waals surface area contributed by atoms with Gasteiger partial charge in [-0.15, -0.1) is 0 Å². The van der Waals surface area contributed by atoms with Gasteiger partial charge < -0.3 is 0 Å². The quantitative estimate of drug-likeness (QED) is 0.289. The molecule has 0 radical (unpaired) electrons. The molecule has 0 saturated heterocycles. The van der Waals surface area contributed by atoms with Crippen molar-refractivity contribution < 1.29 is 0 Å². The number of hydrogen-bond acceptors (Lipinski definition) is 0. The van der Waals surface area contributed by atoms with Crippen molar-refractivity contribution in [1.82, 2.24) is 0 Å². The molecule has 5 rings (SSSR count). The van der Waals surface area contributed by atoms with Gasteiger partial charge in [-0.05, 0) is 56.6 Å². The Bertz CT molecular complexity index is 1420. The van der Waals surface area contributed by atoms with Gasteiger partial charge in [-0.1, -0.05) is 128 Å². The Morgan fingerprint density at radius 1 is 0.719 bits per heavy atom. The maximum absolute atomic E-state index is 4.49. The zero-order chi connectivity index (χ0) is 22.3. The van der Waals surface area contributed by atoms with E-state index in [0.717, 1.165) is 5.57 Å². The van der Waals surface area contributed by atoms with Crippen LogP contribution in [0, 0.1) is 0 Å². The van der Waals surface area contributed by atoms with Gasteiger partial charge in [0.05, 0.1) is 5.41 Å². The van der Waals surface area contributed by atoms with Gasteiger partial charge in [-0.25, -0.2) is 0 Å². The summed E-state index contributed by atoms with van der Waals surface area (Å²) in [5.74, 6) is 0. The fraction of sp³-hybridized carbons (Fsp3) is 0.0625. The SMILES string of the molecule is C=C/C=C(\C)C1(C(=C)C=C)c2ccccc2-c2c(-c3cccc4ccccc34)cccc21. The van der Waals surface area contributed by atoms with Crippen LogP contribution in [0.3, 0.4) is 0 Å². The van der Waals surface area contributed by atoms with Gasteiger partial charge >= 0.3 is 0 Å². The van der Waals surface area contributed by atoms with Crippen molar-refractivity contribution in [1.29, 1.82) is 0 Å². The van der Waals surface area contributed by atoms with E-state index in [4.69, 9.17) is 0 Å².